The van der Waals surface area contributed by atoms with E-state index < -0.39 is 0 Å². The van der Waals surface area contributed by atoms with Gasteiger partial charge in [0.25, 0.3) is 5.56 Å². The van der Waals surface area contributed by atoms with Gasteiger partial charge in [-0.1, -0.05) is 37.3 Å². The molecule has 0 fully saturated rings. The molecular formula is C20H22N4O2. The van der Waals surface area contributed by atoms with Gasteiger partial charge in [-0.3, -0.25) is 14.5 Å². The average molecular weight is 350 g/mol. The maximum atomic E-state index is 12.3. The summed E-state index contributed by atoms with van der Waals surface area (Å²) >= 11 is 0. The molecule has 6 nitrogen and oxygen atoms in total. The van der Waals surface area contributed by atoms with E-state index in [1.54, 1.807) is 6.07 Å². The van der Waals surface area contributed by atoms with E-state index >= 15 is 0 Å². The molecule has 1 heterocycles. The third kappa shape index (κ3) is 4.15. The van der Waals surface area contributed by atoms with Crippen LogP contribution in [0.5, 0.6) is 0 Å². The van der Waals surface area contributed by atoms with E-state index in [2.05, 4.69) is 22.2 Å². The molecule has 26 heavy (non-hydrogen) atoms. The van der Waals surface area contributed by atoms with Gasteiger partial charge in [0.05, 0.1) is 24.0 Å². The number of carbonyl (C=O) groups is 1. The van der Waals surface area contributed by atoms with E-state index in [0.29, 0.717) is 23.3 Å². The number of nitrogens with zero attached hydrogens (tertiary/aromatic N) is 2. The first-order valence-corrected chi connectivity index (χ1v) is 8.61. The van der Waals surface area contributed by atoms with Crippen LogP contribution in [0.1, 0.15) is 18.3 Å². The van der Waals surface area contributed by atoms with E-state index in [-0.39, 0.29) is 18.0 Å². The smallest absolute Gasteiger partial charge is 0.258 e. The van der Waals surface area contributed by atoms with Crippen molar-refractivity contribution in [3.8, 4) is 0 Å². The fraction of sp³-hybridized carbons (Fsp3) is 0.250. The predicted octanol–water partition coefficient (Wildman–Crippen LogP) is 2.56. The summed E-state index contributed by atoms with van der Waals surface area (Å²) in [5, 5.41) is 3.51. The summed E-state index contributed by atoms with van der Waals surface area (Å²) in [6.45, 7) is 2.64. The lowest BCUT2D eigenvalue weighted by Gasteiger charge is -2.16. The Hall–Kier alpha value is -2.99. The molecule has 0 unspecified atom stereocenters. The summed E-state index contributed by atoms with van der Waals surface area (Å²) < 4.78 is 0. The fourth-order valence-electron chi connectivity index (χ4n) is 2.91. The number of rotatable bonds is 6. The number of hydrogen-bond acceptors (Lipinski definition) is 4. The second-order valence-corrected chi connectivity index (χ2v) is 6.26. The first kappa shape index (κ1) is 17.8. The van der Waals surface area contributed by atoms with Gasteiger partial charge in [0.1, 0.15) is 5.82 Å². The molecule has 0 aliphatic carbocycles. The summed E-state index contributed by atoms with van der Waals surface area (Å²) in [6.07, 6.45) is 0.856. The van der Waals surface area contributed by atoms with Crippen molar-refractivity contribution in [2.24, 2.45) is 0 Å². The molecule has 6 heteroatoms. The van der Waals surface area contributed by atoms with Gasteiger partial charge in [-0.2, -0.15) is 0 Å². The van der Waals surface area contributed by atoms with E-state index in [1.165, 1.54) is 0 Å². The van der Waals surface area contributed by atoms with Crippen molar-refractivity contribution in [3.63, 3.8) is 0 Å². The Balaban J connectivity index is 1.66. The highest BCUT2D eigenvalue weighted by Gasteiger charge is 2.11. The van der Waals surface area contributed by atoms with Crippen LogP contribution in [-0.4, -0.2) is 34.4 Å². The molecule has 3 rings (SSSR count). The quantitative estimate of drug-likeness (QED) is 0.716. The number of carbonyl (C=O) groups excluding carboxylic acids is 1. The fourth-order valence-corrected chi connectivity index (χ4v) is 2.91. The highest BCUT2D eigenvalue weighted by Crippen LogP contribution is 2.15. The molecule has 0 aliphatic heterocycles. The third-order valence-corrected chi connectivity index (χ3v) is 4.17. The van der Waals surface area contributed by atoms with E-state index in [1.807, 2.05) is 54.4 Å². The second kappa shape index (κ2) is 7.93. The molecule has 0 radical (unpaired) electrons. The second-order valence-electron chi connectivity index (χ2n) is 6.26. The highest BCUT2D eigenvalue weighted by molar-refractivity contribution is 5.93. The number of nitrogens with one attached hydrogen (secondary N) is 2. The van der Waals surface area contributed by atoms with Crippen LogP contribution >= 0.6 is 0 Å². The van der Waals surface area contributed by atoms with Crippen LogP contribution in [0.25, 0.3) is 10.9 Å². The molecule has 1 amide bonds. The number of aromatic amines is 1. The lowest BCUT2D eigenvalue weighted by Crippen LogP contribution is -2.31. The summed E-state index contributed by atoms with van der Waals surface area (Å²) in [7, 11) is 1.82. The number of H-pyrrole nitrogens is 1. The molecule has 0 saturated heterocycles. The maximum Gasteiger partial charge on any atom is 0.258 e. The van der Waals surface area contributed by atoms with Crippen molar-refractivity contribution in [1.29, 1.82) is 0 Å². The average Bonchev–Trinajstić information content (AvgIpc) is 2.62. The minimum absolute atomic E-state index is 0.100. The largest absolute Gasteiger partial charge is 0.325 e. The van der Waals surface area contributed by atoms with Gasteiger partial charge in [0, 0.05) is 5.69 Å². The van der Waals surface area contributed by atoms with Crippen molar-refractivity contribution in [2.75, 3.05) is 18.9 Å². The molecule has 0 saturated carbocycles. The molecule has 1 aromatic heterocycles. The van der Waals surface area contributed by atoms with Crippen LogP contribution in [0.2, 0.25) is 0 Å². The zero-order valence-electron chi connectivity index (χ0n) is 15.0. The number of anilines is 1. The Kier molecular flexibility index (Phi) is 5.43. The van der Waals surface area contributed by atoms with Crippen LogP contribution in [-0.2, 0) is 17.8 Å². The number of benzene rings is 2. The van der Waals surface area contributed by atoms with Gasteiger partial charge in [-0.25, -0.2) is 4.98 Å². The lowest BCUT2D eigenvalue weighted by molar-refractivity contribution is -0.117. The van der Waals surface area contributed by atoms with Crippen molar-refractivity contribution < 1.29 is 4.79 Å². The van der Waals surface area contributed by atoms with Crippen molar-refractivity contribution in [3.05, 3.63) is 70.3 Å². The van der Waals surface area contributed by atoms with Gasteiger partial charge in [0.2, 0.25) is 5.91 Å². The van der Waals surface area contributed by atoms with Crippen LogP contribution < -0.4 is 10.9 Å². The number of likely N-dealkylation sites (N-methyl/N-ethyl adjacent to an activating group) is 1. The van der Waals surface area contributed by atoms with Gasteiger partial charge < -0.3 is 10.3 Å². The normalized spacial score (nSPS) is 11.0. The van der Waals surface area contributed by atoms with Crippen molar-refractivity contribution in [1.82, 2.24) is 14.9 Å². The topological polar surface area (TPSA) is 78.1 Å². The standard InChI is InChI=1S/C20H22N4O2/c1-3-14-8-4-6-10-16(14)22-19(25)13-24(2)12-18-21-17-11-7-5-9-15(17)20(26)23-18/h4-11H,3,12-13H2,1-2H3,(H,22,25)(H,21,23,26). The molecule has 0 atom stereocenters. The molecule has 2 N–H and O–H groups in total. The van der Waals surface area contributed by atoms with Gasteiger partial charge >= 0.3 is 0 Å². The van der Waals surface area contributed by atoms with Crippen LogP contribution in [0.15, 0.2) is 53.3 Å². The predicted molar refractivity (Wildman–Crippen MR) is 103 cm³/mol. The number of amides is 1. The summed E-state index contributed by atoms with van der Waals surface area (Å²) in [4.78, 5) is 33.5. The van der Waals surface area contributed by atoms with E-state index in [9.17, 15) is 9.59 Å². The zero-order valence-corrected chi connectivity index (χ0v) is 15.0. The van der Waals surface area contributed by atoms with Crippen molar-refractivity contribution in [2.45, 2.75) is 19.9 Å². The number of para-hydroxylation sites is 2. The monoisotopic (exact) mass is 350 g/mol. The van der Waals surface area contributed by atoms with E-state index in [0.717, 1.165) is 17.7 Å². The van der Waals surface area contributed by atoms with Gasteiger partial charge in [-0.05, 0) is 37.2 Å². The Morgan fingerprint density at radius 1 is 1.15 bits per heavy atom. The summed E-state index contributed by atoms with van der Waals surface area (Å²) in [5.74, 6) is 0.439. The maximum absolute atomic E-state index is 12.3. The first-order valence-electron chi connectivity index (χ1n) is 8.61. The minimum Gasteiger partial charge on any atom is -0.325 e. The Morgan fingerprint density at radius 2 is 1.88 bits per heavy atom. The Labute approximate surface area is 151 Å². The van der Waals surface area contributed by atoms with Crippen LogP contribution in [0.3, 0.4) is 0 Å². The number of aromatic nitrogens is 2. The van der Waals surface area contributed by atoms with Crippen LogP contribution in [0, 0.1) is 0 Å². The van der Waals surface area contributed by atoms with Crippen LogP contribution in [0.4, 0.5) is 5.69 Å². The SMILES string of the molecule is CCc1ccccc1NC(=O)CN(C)Cc1nc2ccccc2c(=O)[nH]1. The third-order valence-electron chi connectivity index (χ3n) is 4.17. The molecule has 0 aliphatic rings. The Morgan fingerprint density at radius 3 is 2.69 bits per heavy atom. The molecule has 134 valence electrons. The van der Waals surface area contributed by atoms with E-state index in [4.69, 9.17) is 0 Å². The highest BCUT2D eigenvalue weighted by atomic mass is 16.2. The lowest BCUT2D eigenvalue weighted by atomic mass is 10.1. The minimum atomic E-state index is -0.166. The van der Waals surface area contributed by atoms with Gasteiger partial charge in [0.15, 0.2) is 0 Å². The molecule has 0 spiro atoms. The molecule has 2 aromatic carbocycles. The number of aryl methyl sites for hydroxylation is 1. The number of hydrogen-bond donors (Lipinski definition) is 2. The molecule has 3 aromatic rings. The zero-order chi connectivity index (χ0) is 18.5. The molecular weight excluding hydrogens is 328 g/mol. The first-order chi connectivity index (χ1) is 12.6. The van der Waals surface area contributed by atoms with Crippen molar-refractivity contribution >= 4 is 22.5 Å². The summed E-state index contributed by atoms with van der Waals surface area (Å²) in [5.41, 5.74) is 2.43. The number of fused-ring (bicyclic) bond motifs is 1. The molecule has 0 bridgehead atoms. The Bertz CT molecular complexity index is 981. The summed E-state index contributed by atoms with van der Waals surface area (Å²) in [6, 6.07) is 15.0. The van der Waals surface area contributed by atoms with Gasteiger partial charge in [-0.15, -0.1) is 0 Å².